The highest BCUT2D eigenvalue weighted by Gasteiger charge is 2.42. The van der Waals surface area contributed by atoms with Crippen molar-refractivity contribution in [2.24, 2.45) is 17.6 Å². The van der Waals surface area contributed by atoms with Gasteiger partial charge in [0.1, 0.15) is 81.6 Å². The monoisotopic (exact) mass is 1360 g/mol. The van der Waals surface area contributed by atoms with E-state index in [0.717, 1.165) is 0 Å². The SMILES string of the molecule is CC[C@H](C)[C@H](NC(=O)[C@H](CCC(=O)OC(C)(C)C)NC(=O)[C@@H](N)CCC(=O)OC(C)(C)C)C(=O)N1CCC[C@H]1C(=O)N[C@@H](CCC(=O)OC(C)(C)C)C(=O)N[C@@H](CCC(=O)OC(C)(C)C)C(=O)N[C@@H](Cc1ccc(OC(C)(C)C)cc1)C(=O)N[C@@H](CC(C)C)C(=O)OC(C)(C)C. The second kappa shape index (κ2) is 36.8. The third-order valence-electron chi connectivity index (χ3n) is 14.2. The molecular formula is C70H116N8O18. The number of carbonyl (C=O) groups excluding carboxylic acids is 12. The van der Waals surface area contributed by atoms with E-state index in [1.54, 1.807) is 142 Å². The van der Waals surface area contributed by atoms with Crippen LogP contribution in [0.3, 0.4) is 0 Å². The number of carbonyl (C=O) groups is 12. The maximum atomic E-state index is 15.0. The average Bonchev–Trinajstić information content (AvgIpc) is 1.65. The zero-order chi connectivity index (χ0) is 73.6. The Kier molecular flexibility index (Phi) is 32.5. The highest BCUT2D eigenvalue weighted by atomic mass is 16.6. The van der Waals surface area contributed by atoms with Gasteiger partial charge in [-0.05, 0) is 199 Å². The van der Waals surface area contributed by atoms with E-state index in [-0.39, 0.29) is 57.4 Å². The summed E-state index contributed by atoms with van der Waals surface area (Å²) in [6.45, 7) is 37.9. The van der Waals surface area contributed by atoms with Crippen molar-refractivity contribution in [1.82, 2.24) is 36.8 Å². The number of amides is 7. The number of hydrogen-bond acceptors (Lipinski definition) is 19. The maximum Gasteiger partial charge on any atom is 0.329 e. The molecule has 0 aromatic heterocycles. The molecule has 8 N–H and O–H groups in total. The van der Waals surface area contributed by atoms with Crippen LogP contribution in [0.25, 0.3) is 0 Å². The van der Waals surface area contributed by atoms with Crippen molar-refractivity contribution in [1.29, 1.82) is 0 Å². The van der Waals surface area contributed by atoms with Crippen LogP contribution in [0.2, 0.25) is 0 Å². The average molecular weight is 1360 g/mol. The van der Waals surface area contributed by atoms with Crippen LogP contribution in [-0.2, 0) is 87.6 Å². The maximum absolute atomic E-state index is 15.0. The minimum atomic E-state index is -1.63. The lowest BCUT2D eigenvalue weighted by Gasteiger charge is -2.33. The summed E-state index contributed by atoms with van der Waals surface area (Å²) < 4.78 is 33.7. The van der Waals surface area contributed by atoms with Crippen LogP contribution in [0.4, 0.5) is 0 Å². The largest absolute Gasteiger partial charge is 0.488 e. The molecule has 544 valence electrons. The summed E-state index contributed by atoms with van der Waals surface area (Å²) in [5.41, 5.74) is 1.73. The van der Waals surface area contributed by atoms with Gasteiger partial charge in [0.25, 0.3) is 0 Å². The molecule has 26 heteroatoms. The third kappa shape index (κ3) is 34.0. The van der Waals surface area contributed by atoms with E-state index < -0.39 is 185 Å². The summed E-state index contributed by atoms with van der Waals surface area (Å²) in [6, 6.07) is -4.32. The molecule has 1 aliphatic rings. The van der Waals surface area contributed by atoms with Crippen LogP contribution in [0.15, 0.2) is 24.3 Å². The highest BCUT2D eigenvalue weighted by molar-refractivity contribution is 5.98. The molecular weight excluding hydrogens is 1240 g/mol. The van der Waals surface area contributed by atoms with Gasteiger partial charge in [-0.15, -0.1) is 0 Å². The Morgan fingerprint density at radius 1 is 0.479 bits per heavy atom. The molecule has 1 aromatic rings. The second-order valence-electron chi connectivity index (χ2n) is 31.2. The number of esters is 5. The van der Waals surface area contributed by atoms with Crippen molar-refractivity contribution in [3.63, 3.8) is 0 Å². The van der Waals surface area contributed by atoms with E-state index in [2.05, 4.69) is 31.9 Å². The van der Waals surface area contributed by atoms with Gasteiger partial charge in [-0.1, -0.05) is 46.2 Å². The lowest BCUT2D eigenvalue weighted by atomic mass is 9.96. The number of nitrogens with zero attached hydrogens (tertiary/aromatic N) is 1. The molecule has 96 heavy (non-hydrogen) atoms. The zero-order valence-corrected chi connectivity index (χ0v) is 61.4. The van der Waals surface area contributed by atoms with Crippen molar-refractivity contribution < 1.29 is 86.0 Å². The number of nitrogens with two attached hydrogens (primary N) is 1. The van der Waals surface area contributed by atoms with Crippen LogP contribution in [0.1, 0.15) is 235 Å². The first-order valence-electron chi connectivity index (χ1n) is 33.6. The van der Waals surface area contributed by atoms with Crippen molar-refractivity contribution in [3.05, 3.63) is 29.8 Å². The first-order valence-corrected chi connectivity index (χ1v) is 33.6. The Hall–Kier alpha value is -7.38. The molecule has 0 aliphatic carbocycles. The van der Waals surface area contributed by atoms with Gasteiger partial charge in [0.2, 0.25) is 41.4 Å². The predicted molar refractivity (Wildman–Crippen MR) is 360 cm³/mol. The fourth-order valence-electron chi connectivity index (χ4n) is 9.90. The van der Waals surface area contributed by atoms with Gasteiger partial charge in [-0.25, -0.2) is 4.79 Å². The first kappa shape index (κ1) is 84.7. The zero-order valence-electron chi connectivity index (χ0n) is 61.4. The topological polar surface area (TPSA) is 362 Å². The van der Waals surface area contributed by atoms with Crippen LogP contribution in [0, 0.1) is 11.8 Å². The van der Waals surface area contributed by atoms with Crippen LogP contribution < -0.4 is 42.4 Å². The van der Waals surface area contributed by atoms with E-state index in [1.807, 2.05) is 34.6 Å². The van der Waals surface area contributed by atoms with Gasteiger partial charge in [0.05, 0.1) is 6.04 Å². The summed E-state index contributed by atoms with van der Waals surface area (Å²) >= 11 is 0. The molecule has 26 nitrogen and oxygen atoms in total. The molecule has 0 bridgehead atoms. The number of rotatable bonds is 33. The Morgan fingerprint density at radius 3 is 1.26 bits per heavy atom. The van der Waals surface area contributed by atoms with Gasteiger partial charge >= 0.3 is 29.8 Å². The minimum Gasteiger partial charge on any atom is -0.488 e. The number of ether oxygens (including phenoxy) is 6. The minimum absolute atomic E-state index is 0.0201. The standard InChI is InChI=1S/C70H116N8O18/c1-23-42(4)56(77-60(86)48(33-37-55(82)95-69(17,18)19)72-57(83)45(71)30-34-52(79)92-66(8,9)10)63(89)78-38-24-25-51(78)62(88)74-47(32-36-54(81)94-68(14,15)16)58(84)73-46(31-35-53(80)93-67(11,12)13)59(85)75-49(40-43-26-28-44(29-27-43)91-65(5,6)7)61(87)76-50(39-41(2)3)64(90)96-70(20,21)22/h26-29,41-42,45-51,56H,23-25,30-40,71H2,1-22H3,(H,72,83)(H,73,84)(H,74,88)(H,75,85)(H,76,87)(H,77,86)/t42-,45-,46-,47-,48-,49-,50-,51-,56-/m0/s1. The van der Waals surface area contributed by atoms with Gasteiger partial charge in [-0.3, -0.25) is 52.7 Å². The Bertz CT molecular complexity index is 2820. The summed E-state index contributed by atoms with van der Waals surface area (Å²) in [5, 5.41) is 16.3. The van der Waals surface area contributed by atoms with E-state index in [0.29, 0.717) is 24.2 Å². The number of likely N-dealkylation sites (tertiary alicyclic amines) is 1. The van der Waals surface area contributed by atoms with E-state index in [4.69, 9.17) is 34.2 Å². The molecule has 1 saturated heterocycles. The molecule has 1 aliphatic heterocycles. The van der Waals surface area contributed by atoms with Crippen molar-refractivity contribution >= 4 is 71.2 Å². The third-order valence-corrected chi connectivity index (χ3v) is 14.2. The van der Waals surface area contributed by atoms with Gasteiger partial charge in [0.15, 0.2) is 0 Å². The Labute approximate surface area is 569 Å². The predicted octanol–water partition coefficient (Wildman–Crippen LogP) is 6.56. The summed E-state index contributed by atoms with van der Waals surface area (Å²) in [4.78, 5) is 169. The van der Waals surface area contributed by atoms with Crippen LogP contribution in [-0.4, -0.2) is 165 Å². The molecule has 9 atom stereocenters. The number of hydrogen-bond donors (Lipinski definition) is 7. The molecule has 1 fully saturated rings. The molecule has 0 saturated carbocycles. The van der Waals surface area contributed by atoms with E-state index in [1.165, 1.54) is 4.90 Å². The van der Waals surface area contributed by atoms with Gasteiger partial charge in [0, 0.05) is 38.6 Å². The highest BCUT2D eigenvalue weighted by Crippen LogP contribution is 2.25. The molecule has 1 heterocycles. The first-order chi connectivity index (χ1) is 43.8. The normalized spacial score (nSPS) is 16.3. The molecule has 0 unspecified atom stereocenters. The smallest absolute Gasteiger partial charge is 0.329 e. The quantitative estimate of drug-likeness (QED) is 0.0289. The van der Waals surface area contributed by atoms with Crippen LogP contribution >= 0.6 is 0 Å². The Morgan fingerprint density at radius 2 is 0.854 bits per heavy atom. The molecule has 0 radical (unpaired) electrons. The lowest BCUT2D eigenvalue weighted by Crippen LogP contribution is -2.61. The fourth-order valence-corrected chi connectivity index (χ4v) is 9.90. The van der Waals surface area contributed by atoms with Crippen molar-refractivity contribution in [2.45, 2.75) is 318 Å². The molecule has 7 amide bonds. The van der Waals surface area contributed by atoms with Crippen LogP contribution in [0.5, 0.6) is 5.75 Å². The lowest BCUT2D eigenvalue weighted by molar-refractivity contribution is -0.159. The van der Waals surface area contributed by atoms with Crippen molar-refractivity contribution in [2.75, 3.05) is 6.54 Å². The number of benzene rings is 1. The molecule has 1 aromatic carbocycles. The Balaban J connectivity index is 2.71. The number of nitrogens with one attached hydrogen (secondary N) is 6. The van der Waals surface area contributed by atoms with E-state index in [9.17, 15) is 57.5 Å². The summed E-state index contributed by atoms with van der Waals surface area (Å²) in [6.07, 6.45) is -1.92. The molecule has 0 spiro atoms. The van der Waals surface area contributed by atoms with Gasteiger partial charge in [-0.2, -0.15) is 0 Å². The second-order valence-corrected chi connectivity index (χ2v) is 31.2. The van der Waals surface area contributed by atoms with Gasteiger partial charge < -0.3 is 71.0 Å². The summed E-state index contributed by atoms with van der Waals surface area (Å²) in [7, 11) is 0. The van der Waals surface area contributed by atoms with Crippen molar-refractivity contribution in [3.8, 4) is 5.75 Å². The van der Waals surface area contributed by atoms with E-state index >= 15 is 0 Å². The fraction of sp³-hybridized carbons (Fsp3) is 0.743. The molecule has 2 rings (SSSR count). The summed E-state index contributed by atoms with van der Waals surface area (Å²) in [5.74, 6) is -9.57.